The second-order valence-corrected chi connectivity index (χ2v) is 7.47. The molecule has 1 fully saturated rings. The molecule has 1 aromatic rings. The first kappa shape index (κ1) is 16.3. The van der Waals surface area contributed by atoms with E-state index in [1.165, 1.54) is 6.07 Å². The highest BCUT2D eigenvalue weighted by Crippen LogP contribution is 2.31. The molecule has 0 bridgehead atoms. The van der Waals surface area contributed by atoms with Crippen LogP contribution in [0, 0.1) is 11.8 Å². The average Bonchev–Trinajstić information content (AvgIpc) is 2.92. The van der Waals surface area contributed by atoms with Gasteiger partial charge in [0.1, 0.15) is 0 Å². The van der Waals surface area contributed by atoms with Crippen LogP contribution in [0.15, 0.2) is 23.1 Å². The Kier molecular flexibility index (Phi) is 5.24. The number of hydrogen-bond acceptors (Lipinski definition) is 4. The maximum absolute atomic E-state index is 12.3. The van der Waals surface area contributed by atoms with Gasteiger partial charge in [-0.1, -0.05) is 19.4 Å². The monoisotopic (exact) mass is 312 g/mol. The van der Waals surface area contributed by atoms with E-state index in [0.29, 0.717) is 12.2 Å². The normalized spacial score (nSPS) is 22.6. The Morgan fingerprint density at radius 1 is 1.33 bits per heavy atom. The third-order valence-corrected chi connectivity index (χ3v) is 5.82. The molecule has 1 aliphatic rings. The molecule has 4 N–H and O–H groups in total. The quantitative estimate of drug-likeness (QED) is 0.694. The fraction of sp³-hybridized carbons (Fsp3) is 0.600. The molecule has 2 unspecified atom stereocenters. The molecular formula is C15H24N2O3S. The lowest BCUT2D eigenvalue weighted by atomic mass is 9.97. The van der Waals surface area contributed by atoms with Crippen LogP contribution in [0.3, 0.4) is 0 Å². The summed E-state index contributed by atoms with van der Waals surface area (Å²) in [6, 6.07) is 4.87. The summed E-state index contributed by atoms with van der Waals surface area (Å²) in [4.78, 5) is 0.204. The molecule has 0 aromatic heterocycles. The SMILES string of the molecule is CCc1ccc(S(=O)(=O)NCC2CCCC2CO)cc1N. The van der Waals surface area contributed by atoms with Crippen molar-refractivity contribution in [2.45, 2.75) is 37.5 Å². The second kappa shape index (κ2) is 6.77. The van der Waals surface area contributed by atoms with Gasteiger partial charge in [0.15, 0.2) is 0 Å². The number of aliphatic hydroxyl groups is 1. The fourth-order valence-corrected chi connectivity index (χ4v) is 4.11. The highest BCUT2D eigenvalue weighted by Gasteiger charge is 2.28. The van der Waals surface area contributed by atoms with Crippen LogP contribution in [0.5, 0.6) is 0 Å². The van der Waals surface area contributed by atoms with Crippen LogP contribution < -0.4 is 10.5 Å². The number of nitrogens with one attached hydrogen (secondary N) is 1. The van der Waals surface area contributed by atoms with Crippen molar-refractivity contribution in [1.29, 1.82) is 0 Å². The summed E-state index contributed by atoms with van der Waals surface area (Å²) in [5, 5.41) is 9.28. The van der Waals surface area contributed by atoms with Crippen molar-refractivity contribution in [1.82, 2.24) is 4.72 Å². The standard InChI is InChI=1S/C15H24N2O3S/c1-2-11-6-7-14(8-15(11)16)21(19,20)17-9-12-4-3-5-13(12)10-18/h6-8,12-13,17-18H,2-5,9-10,16H2,1H3. The van der Waals surface area contributed by atoms with E-state index in [-0.39, 0.29) is 23.3 Å². The van der Waals surface area contributed by atoms with Gasteiger partial charge in [0.2, 0.25) is 10.0 Å². The number of hydrogen-bond donors (Lipinski definition) is 3. The van der Waals surface area contributed by atoms with Gasteiger partial charge in [0.05, 0.1) is 4.90 Å². The number of aliphatic hydroxyl groups excluding tert-OH is 1. The molecule has 1 aromatic carbocycles. The lowest BCUT2D eigenvalue weighted by Crippen LogP contribution is -2.31. The summed E-state index contributed by atoms with van der Waals surface area (Å²) in [7, 11) is -3.54. The van der Waals surface area contributed by atoms with Crippen LogP contribution >= 0.6 is 0 Å². The minimum absolute atomic E-state index is 0.130. The minimum atomic E-state index is -3.54. The van der Waals surface area contributed by atoms with Crippen molar-refractivity contribution in [2.75, 3.05) is 18.9 Å². The second-order valence-electron chi connectivity index (χ2n) is 5.70. The lowest BCUT2D eigenvalue weighted by molar-refractivity contribution is 0.195. The largest absolute Gasteiger partial charge is 0.398 e. The van der Waals surface area contributed by atoms with Crippen LogP contribution in [0.1, 0.15) is 31.7 Å². The molecule has 0 amide bonds. The summed E-state index contributed by atoms with van der Waals surface area (Å²) < 4.78 is 27.3. The van der Waals surface area contributed by atoms with Crippen molar-refractivity contribution >= 4 is 15.7 Å². The Morgan fingerprint density at radius 3 is 2.67 bits per heavy atom. The number of sulfonamides is 1. The van der Waals surface area contributed by atoms with E-state index in [4.69, 9.17) is 5.73 Å². The predicted octanol–water partition coefficient (Wildman–Crippen LogP) is 1.52. The zero-order valence-corrected chi connectivity index (χ0v) is 13.2. The Morgan fingerprint density at radius 2 is 2.05 bits per heavy atom. The number of anilines is 1. The molecule has 1 aliphatic carbocycles. The van der Waals surface area contributed by atoms with E-state index in [1.807, 2.05) is 6.92 Å². The molecule has 0 spiro atoms. The van der Waals surface area contributed by atoms with E-state index in [1.54, 1.807) is 12.1 Å². The van der Waals surface area contributed by atoms with Gasteiger partial charge in [-0.25, -0.2) is 13.1 Å². The number of nitrogens with two attached hydrogens (primary N) is 1. The van der Waals surface area contributed by atoms with Gasteiger partial charge >= 0.3 is 0 Å². The Hall–Kier alpha value is -1.11. The van der Waals surface area contributed by atoms with Gasteiger partial charge in [0, 0.05) is 18.8 Å². The Bertz CT molecular complexity index is 587. The van der Waals surface area contributed by atoms with Crippen LogP contribution in [-0.2, 0) is 16.4 Å². The molecular weight excluding hydrogens is 288 g/mol. The zero-order chi connectivity index (χ0) is 15.5. The summed E-state index contributed by atoms with van der Waals surface area (Å²) in [6.45, 7) is 2.49. The molecule has 0 aliphatic heterocycles. The lowest BCUT2D eigenvalue weighted by Gasteiger charge is -2.18. The topological polar surface area (TPSA) is 92.4 Å². The molecule has 2 atom stereocenters. The third-order valence-electron chi connectivity index (χ3n) is 4.40. The van der Waals surface area contributed by atoms with Crippen molar-refractivity contribution in [2.24, 2.45) is 11.8 Å². The Balaban J connectivity index is 2.06. The van der Waals surface area contributed by atoms with E-state index < -0.39 is 10.0 Å². The summed E-state index contributed by atoms with van der Waals surface area (Å²) >= 11 is 0. The van der Waals surface area contributed by atoms with Gasteiger partial charge in [-0.05, 0) is 48.8 Å². The molecule has 5 nitrogen and oxygen atoms in total. The first-order valence-corrected chi connectivity index (χ1v) is 8.95. The Labute approximate surface area is 126 Å². The van der Waals surface area contributed by atoms with Crippen molar-refractivity contribution in [3.8, 4) is 0 Å². The van der Waals surface area contributed by atoms with Crippen molar-refractivity contribution in [3.05, 3.63) is 23.8 Å². The number of aryl methyl sites for hydroxylation is 1. The third kappa shape index (κ3) is 3.75. The van der Waals surface area contributed by atoms with Crippen LogP contribution in [-0.4, -0.2) is 26.7 Å². The molecule has 6 heteroatoms. The van der Waals surface area contributed by atoms with Crippen LogP contribution in [0.25, 0.3) is 0 Å². The van der Waals surface area contributed by atoms with E-state index >= 15 is 0 Å². The van der Waals surface area contributed by atoms with E-state index in [0.717, 1.165) is 31.2 Å². The molecule has 0 heterocycles. The average molecular weight is 312 g/mol. The molecule has 21 heavy (non-hydrogen) atoms. The van der Waals surface area contributed by atoms with Crippen LogP contribution in [0.4, 0.5) is 5.69 Å². The summed E-state index contributed by atoms with van der Waals surface area (Å²) in [6.07, 6.45) is 3.77. The molecule has 118 valence electrons. The molecule has 2 rings (SSSR count). The first-order chi connectivity index (χ1) is 9.97. The van der Waals surface area contributed by atoms with Gasteiger partial charge in [-0.15, -0.1) is 0 Å². The molecule has 1 saturated carbocycles. The number of benzene rings is 1. The van der Waals surface area contributed by atoms with E-state index in [9.17, 15) is 13.5 Å². The first-order valence-electron chi connectivity index (χ1n) is 7.47. The summed E-state index contributed by atoms with van der Waals surface area (Å²) in [5.41, 5.74) is 7.32. The highest BCUT2D eigenvalue weighted by molar-refractivity contribution is 7.89. The number of rotatable bonds is 6. The molecule has 0 radical (unpaired) electrons. The van der Waals surface area contributed by atoms with Gasteiger partial charge in [-0.3, -0.25) is 0 Å². The molecule has 0 saturated heterocycles. The van der Waals surface area contributed by atoms with E-state index in [2.05, 4.69) is 4.72 Å². The van der Waals surface area contributed by atoms with Crippen LogP contribution in [0.2, 0.25) is 0 Å². The zero-order valence-electron chi connectivity index (χ0n) is 12.4. The van der Waals surface area contributed by atoms with Crippen molar-refractivity contribution < 1.29 is 13.5 Å². The highest BCUT2D eigenvalue weighted by atomic mass is 32.2. The van der Waals surface area contributed by atoms with Crippen molar-refractivity contribution in [3.63, 3.8) is 0 Å². The van der Waals surface area contributed by atoms with Gasteiger partial charge in [-0.2, -0.15) is 0 Å². The van der Waals surface area contributed by atoms with Gasteiger partial charge < -0.3 is 10.8 Å². The maximum atomic E-state index is 12.3. The minimum Gasteiger partial charge on any atom is -0.398 e. The van der Waals surface area contributed by atoms with Gasteiger partial charge in [0.25, 0.3) is 0 Å². The maximum Gasteiger partial charge on any atom is 0.240 e. The predicted molar refractivity (Wildman–Crippen MR) is 83.3 cm³/mol. The number of nitrogen functional groups attached to an aromatic ring is 1. The smallest absolute Gasteiger partial charge is 0.240 e. The summed E-state index contributed by atoms with van der Waals surface area (Å²) in [5.74, 6) is 0.428. The fourth-order valence-electron chi connectivity index (χ4n) is 2.98.